The van der Waals surface area contributed by atoms with Gasteiger partial charge >= 0.3 is 5.97 Å². The van der Waals surface area contributed by atoms with Crippen LogP contribution in [0, 0.1) is 0 Å². The van der Waals surface area contributed by atoms with Crippen LogP contribution in [0.3, 0.4) is 0 Å². The number of rotatable bonds is 15. The van der Waals surface area contributed by atoms with Gasteiger partial charge in [0.05, 0.1) is 59.5 Å². The van der Waals surface area contributed by atoms with Gasteiger partial charge in [-0.1, -0.05) is 6.58 Å². The van der Waals surface area contributed by atoms with Crippen molar-refractivity contribution < 1.29 is 33.6 Å². The Kier molecular flexibility index (Phi) is 15.3. The van der Waals surface area contributed by atoms with Gasteiger partial charge in [-0.05, 0) is 0 Å². The third kappa shape index (κ3) is 15.1. The minimum absolute atomic E-state index is 0.0237. The summed E-state index contributed by atoms with van der Waals surface area (Å²) in [5, 5.41) is 8.46. The molecule has 0 atom stereocenters. The predicted molar refractivity (Wildman–Crippen MR) is 71.5 cm³/mol. The molecule has 0 aromatic carbocycles. The molecule has 1 N–H and O–H groups in total. The van der Waals surface area contributed by atoms with E-state index in [1.54, 1.807) is 0 Å². The zero-order chi connectivity index (χ0) is 14.9. The fraction of sp³-hybridized carbons (Fsp3) is 0.769. The number of hydrogen-bond donors (Lipinski definition) is 1. The zero-order valence-corrected chi connectivity index (χ0v) is 11.8. The second-order valence-corrected chi connectivity index (χ2v) is 3.54. The average Bonchev–Trinajstić information content (AvgIpc) is 2.47. The molecule has 0 aliphatic heterocycles. The molecule has 7 nitrogen and oxygen atoms in total. The van der Waals surface area contributed by atoms with Crippen LogP contribution >= 0.6 is 0 Å². The van der Waals surface area contributed by atoms with Gasteiger partial charge < -0.3 is 28.8 Å². The molecule has 0 heterocycles. The molecule has 0 radical (unpaired) electrons. The highest BCUT2D eigenvalue weighted by atomic mass is 16.6. The lowest BCUT2D eigenvalue weighted by Gasteiger charge is -2.07. The standard InChI is InChI=1S/C13H24O7/c1-2-13(15)20-12-11-19-10-9-18-8-7-17-6-5-16-4-3-14/h2,14H,1,3-12H2. The summed E-state index contributed by atoms with van der Waals surface area (Å²) in [6.45, 7) is 6.99. The number of aliphatic hydroxyl groups is 1. The SMILES string of the molecule is C=CC(=O)OCCOCCOCCOCCOCCO. The number of carbonyl (C=O) groups is 1. The Balaban J connectivity index is 2.99. The van der Waals surface area contributed by atoms with Gasteiger partial charge in [0.1, 0.15) is 6.61 Å². The molecule has 0 saturated carbocycles. The molecule has 0 aliphatic carbocycles. The molecule has 0 unspecified atom stereocenters. The minimum Gasteiger partial charge on any atom is -0.460 e. The maximum absolute atomic E-state index is 10.7. The highest BCUT2D eigenvalue weighted by molar-refractivity contribution is 5.81. The molecule has 7 heteroatoms. The van der Waals surface area contributed by atoms with Crippen molar-refractivity contribution in [3.05, 3.63) is 12.7 Å². The van der Waals surface area contributed by atoms with Crippen LogP contribution in [-0.4, -0.2) is 77.1 Å². The van der Waals surface area contributed by atoms with E-state index >= 15 is 0 Å². The van der Waals surface area contributed by atoms with Gasteiger partial charge in [-0.25, -0.2) is 4.79 Å². The minimum atomic E-state index is -0.454. The van der Waals surface area contributed by atoms with Gasteiger partial charge in [-0.2, -0.15) is 0 Å². The van der Waals surface area contributed by atoms with E-state index in [1.807, 2.05) is 0 Å². The van der Waals surface area contributed by atoms with Crippen molar-refractivity contribution in [1.29, 1.82) is 0 Å². The van der Waals surface area contributed by atoms with E-state index in [1.165, 1.54) is 0 Å². The topological polar surface area (TPSA) is 83.5 Å². The first kappa shape index (κ1) is 19.0. The first-order valence-electron chi connectivity index (χ1n) is 6.52. The van der Waals surface area contributed by atoms with Crippen LogP contribution < -0.4 is 0 Å². The first-order valence-corrected chi connectivity index (χ1v) is 6.52. The monoisotopic (exact) mass is 292 g/mol. The van der Waals surface area contributed by atoms with Crippen LogP contribution in [0.5, 0.6) is 0 Å². The number of aliphatic hydroxyl groups excluding tert-OH is 1. The molecular weight excluding hydrogens is 268 g/mol. The normalized spacial score (nSPS) is 10.4. The van der Waals surface area contributed by atoms with Crippen molar-refractivity contribution in [2.75, 3.05) is 66.1 Å². The lowest BCUT2D eigenvalue weighted by atomic mass is 10.6. The van der Waals surface area contributed by atoms with Crippen LogP contribution in [0.1, 0.15) is 0 Å². The van der Waals surface area contributed by atoms with E-state index in [4.69, 9.17) is 28.8 Å². The van der Waals surface area contributed by atoms with Gasteiger partial charge in [0.15, 0.2) is 0 Å². The van der Waals surface area contributed by atoms with Gasteiger partial charge in [0, 0.05) is 6.08 Å². The quantitative estimate of drug-likeness (QED) is 0.254. The van der Waals surface area contributed by atoms with Crippen molar-refractivity contribution >= 4 is 5.97 Å². The van der Waals surface area contributed by atoms with E-state index in [-0.39, 0.29) is 13.2 Å². The van der Waals surface area contributed by atoms with E-state index in [0.717, 1.165) is 6.08 Å². The molecule has 0 saturated heterocycles. The van der Waals surface area contributed by atoms with Gasteiger partial charge in [-0.3, -0.25) is 0 Å². The van der Waals surface area contributed by atoms with Crippen molar-refractivity contribution in [2.24, 2.45) is 0 Å². The Morgan fingerprint density at radius 3 is 1.60 bits per heavy atom. The Morgan fingerprint density at radius 1 is 0.800 bits per heavy atom. The summed E-state index contributed by atoms with van der Waals surface area (Å²) in [5.74, 6) is -0.454. The van der Waals surface area contributed by atoms with Crippen molar-refractivity contribution in [1.82, 2.24) is 0 Å². The maximum atomic E-state index is 10.7. The number of esters is 1. The molecule has 0 aromatic rings. The van der Waals surface area contributed by atoms with Crippen molar-refractivity contribution in [2.45, 2.75) is 0 Å². The van der Waals surface area contributed by atoms with Crippen LogP contribution in [-0.2, 0) is 28.5 Å². The summed E-state index contributed by atoms with van der Waals surface area (Å²) >= 11 is 0. The van der Waals surface area contributed by atoms with Gasteiger partial charge in [0.25, 0.3) is 0 Å². The van der Waals surface area contributed by atoms with Crippen LogP contribution in [0.15, 0.2) is 12.7 Å². The Labute approximate surface area is 119 Å². The molecule has 0 spiro atoms. The highest BCUT2D eigenvalue weighted by Gasteiger charge is 1.95. The zero-order valence-electron chi connectivity index (χ0n) is 11.8. The van der Waals surface area contributed by atoms with Gasteiger partial charge in [-0.15, -0.1) is 0 Å². The summed E-state index contributed by atoms with van der Waals surface area (Å²) in [6, 6.07) is 0. The largest absolute Gasteiger partial charge is 0.460 e. The van der Waals surface area contributed by atoms with Crippen LogP contribution in [0.2, 0.25) is 0 Å². The molecule has 0 fully saturated rings. The van der Waals surface area contributed by atoms with Gasteiger partial charge in [0.2, 0.25) is 0 Å². The Morgan fingerprint density at radius 2 is 1.20 bits per heavy atom. The van der Waals surface area contributed by atoms with Crippen LogP contribution in [0.25, 0.3) is 0 Å². The first-order chi connectivity index (χ1) is 9.81. The number of hydrogen-bond acceptors (Lipinski definition) is 7. The Bertz CT molecular complexity index is 233. The molecule has 0 aliphatic rings. The summed E-state index contributed by atoms with van der Waals surface area (Å²) in [6.07, 6.45) is 1.11. The average molecular weight is 292 g/mol. The highest BCUT2D eigenvalue weighted by Crippen LogP contribution is 1.84. The van der Waals surface area contributed by atoms with E-state index in [9.17, 15) is 4.79 Å². The predicted octanol–water partition coefficient (Wildman–Crippen LogP) is -0.226. The molecule has 118 valence electrons. The molecule has 20 heavy (non-hydrogen) atoms. The lowest BCUT2D eigenvalue weighted by molar-refractivity contribution is -0.139. The second kappa shape index (κ2) is 16.1. The molecule has 0 aromatic heterocycles. The van der Waals surface area contributed by atoms with Crippen molar-refractivity contribution in [3.8, 4) is 0 Å². The van der Waals surface area contributed by atoms with Crippen LogP contribution in [0.4, 0.5) is 0 Å². The van der Waals surface area contributed by atoms with Crippen molar-refractivity contribution in [3.63, 3.8) is 0 Å². The lowest BCUT2D eigenvalue weighted by Crippen LogP contribution is -2.14. The van der Waals surface area contributed by atoms with E-state index in [2.05, 4.69) is 6.58 Å². The fourth-order valence-electron chi connectivity index (χ4n) is 1.09. The smallest absolute Gasteiger partial charge is 0.330 e. The summed E-state index contributed by atoms with van der Waals surface area (Å²) in [4.78, 5) is 10.7. The molecule has 0 rings (SSSR count). The second-order valence-electron chi connectivity index (χ2n) is 3.54. The van der Waals surface area contributed by atoms with E-state index < -0.39 is 5.97 Å². The Hall–Kier alpha value is -0.990. The third-order valence-electron chi connectivity index (χ3n) is 1.99. The molecule has 0 bridgehead atoms. The molecular formula is C13H24O7. The number of ether oxygens (including phenoxy) is 5. The van der Waals surface area contributed by atoms with E-state index in [0.29, 0.717) is 52.9 Å². The maximum Gasteiger partial charge on any atom is 0.330 e. The fourth-order valence-corrected chi connectivity index (χ4v) is 1.09. The summed E-state index contributed by atoms with van der Waals surface area (Å²) in [7, 11) is 0. The third-order valence-corrected chi connectivity index (χ3v) is 1.99. The summed E-state index contributed by atoms with van der Waals surface area (Å²) < 4.78 is 25.4. The molecule has 0 amide bonds. The summed E-state index contributed by atoms with van der Waals surface area (Å²) in [5.41, 5.74) is 0. The number of carbonyl (C=O) groups excluding carboxylic acids is 1.